The van der Waals surface area contributed by atoms with Crippen LogP contribution in [0.5, 0.6) is 11.5 Å². The normalized spacial score (nSPS) is 13.8. The summed E-state index contributed by atoms with van der Waals surface area (Å²) in [4.78, 5) is 8.61. The van der Waals surface area contributed by atoms with Crippen molar-refractivity contribution >= 4 is 5.96 Å². The third kappa shape index (κ3) is 4.44. The van der Waals surface area contributed by atoms with Gasteiger partial charge in [0, 0.05) is 19.0 Å². The van der Waals surface area contributed by atoms with Crippen LogP contribution >= 0.6 is 0 Å². The molecule has 1 aromatic carbocycles. The largest absolute Gasteiger partial charge is 0.454 e. The second kappa shape index (κ2) is 7.63. The molecule has 0 spiro atoms. The maximum absolute atomic E-state index is 5.40. The third-order valence-electron chi connectivity index (χ3n) is 3.89. The lowest BCUT2D eigenvalue weighted by molar-refractivity contribution is 0.174. The minimum atomic E-state index is -0.157. The SMILES string of the molecule is CN=C(NCCc1ccc2c(c1)OCO2)NCc1noc(C(C)(C)C)n1. The Morgan fingerprint density at radius 1 is 1.19 bits per heavy atom. The summed E-state index contributed by atoms with van der Waals surface area (Å²) in [6.45, 7) is 7.58. The average molecular weight is 359 g/mol. The van der Waals surface area contributed by atoms with Gasteiger partial charge in [-0.1, -0.05) is 32.0 Å². The van der Waals surface area contributed by atoms with E-state index in [0.717, 1.165) is 24.5 Å². The lowest BCUT2D eigenvalue weighted by Crippen LogP contribution is -2.38. The first-order chi connectivity index (χ1) is 12.5. The van der Waals surface area contributed by atoms with Gasteiger partial charge in [0.25, 0.3) is 0 Å². The van der Waals surface area contributed by atoms with Crippen LogP contribution in [-0.2, 0) is 18.4 Å². The first-order valence-electron chi connectivity index (χ1n) is 8.62. The number of fused-ring (bicyclic) bond motifs is 1. The van der Waals surface area contributed by atoms with Crippen molar-refractivity contribution in [1.82, 2.24) is 20.8 Å². The highest BCUT2D eigenvalue weighted by atomic mass is 16.7. The van der Waals surface area contributed by atoms with Crippen molar-refractivity contribution in [2.24, 2.45) is 4.99 Å². The molecule has 0 radical (unpaired) electrons. The molecule has 2 aromatic rings. The second-order valence-electron chi connectivity index (χ2n) is 7.06. The molecular weight excluding hydrogens is 334 g/mol. The number of aromatic nitrogens is 2. The summed E-state index contributed by atoms with van der Waals surface area (Å²) in [5, 5.41) is 10.5. The van der Waals surface area contributed by atoms with Gasteiger partial charge in [-0.25, -0.2) is 0 Å². The molecular formula is C18H25N5O3. The second-order valence-corrected chi connectivity index (χ2v) is 7.06. The highest BCUT2D eigenvalue weighted by molar-refractivity contribution is 5.79. The van der Waals surface area contributed by atoms with Crippen LogP contribution in [0.15, 0.2) is 27.7 Å². The van der Waals surface area contributed by atoms with E-state index < -0.39 is 0 Å². The molecule has 2 heterocycles. The fourth-order valence-corrected chi connectivity index (χ4v) is 2.44. The Bertz CT molecular complexity index is 779. The van der Waals surface area contributed by atoms with Crippen LogP contribution in [0.1, 0.15) is 38.0 Å². The van der Waals surface area contributed by atoms with Gasteiger partial charge >= 0.3 is 0 Å². The number of nitrogens with zero attached hydrogens (tertiary/aromatic N) is 3. The van der Waals surface area contributed by atoms with Crippen molar-refractivity contribution in [2.75, 3.05) is 20.4 Å². The predicted molar refractivity (Wildman–Crippen MR) is 97.5 cm³/mol. The standard InChI is InChI=1S/C18H25N5O3/c1-18(2,3)16-22-15(23-26-16)10-21-17(19-4)20-8-7-12-5-6-13-14(9-12)25-11-24-13/h5-6,9H,7-8,10-11H2,1-4H3,(H2,19,20,21). The quantitative estimate of drug-likeness (QED) is 0.623. The number of nitrogens with one attached hydrogen (secondary N) is 2. The van der Waals surface area contributed by atoms with Crippen LogP contribution in [0, 0.1) is 0 Å². The Balaban J connectivity index is 1.45. The van der Waals surface area contributed by atoms with Crippen molar-refractivity contribution in [3.05, 3.63) is 35.5 Å². The van der Waals surface area contributed by atoms with E-state index in [2.05, 4.69) is 25.8 Å². The van der Waals surface area contributed by atoms with Crippen molar-refractivity contribution in [2.45, 2.75) is 39.2 Å². The maximum Gasteiger partial charge on any atom is 0.232 e. The van der Waals surface area contributed by atoms with Crippen molar-refractivity contribution in [3.8, 4) is 11.5 Å². The van der Waals surface area contributed by atoms with E-state index in [1.807, 2.05) is 39.0 Å². The lowest BCUT2D eigenvalue weighted by Gasteiger charge is -2.11. The molecule has 3 rings (SSSR count). The fourth-order valence-electron chi connectivity index (χ4n) is 2.44. The molecule has 1 aliphatic rings. The Hall–Kier alpha value is -2.77. The monoisotopic (exact) mass is 359 g/mol. The molecule has 140 valence electrons. The molecule has 0 bridgehead atoms. The minimum Gasteiger partial charge on any atom is -0.454 e. The predicted octanol–water partition coefficient (Wildman–Crippen LogP) is 2.00. The van der Waals surface area contributed by atoms with E-state index in [1.54, 1.807) is 7.05 Å². The van der Waals surface area contributed by atoms with Crippen LogP contribution in [0.3, 0.4) is 0 Å². The number of hydrogen-bond acceptors (Lipinski definition) is 6. The van der Waals surface area contributed by atoms with Gasteiger partial charge in [0.05, 0.1) is 6.54 Å². The van der Waals surface area contributed by atoms with Crippen LogP contribution in [-0.4, -0.2) is 36.5 Å². The first-order valence-corrected chi connectivity index (χ1v) is 8.62. The molecule has 0 saturated carbocycles. The molecule has 1 aliphatic heterocycles. The fraction of sp³-hybridized carbons (Fsp3) is 0.500. The molecule has 0 aliphatic carbocycles. The van der Waals surface area contributed by atoms with Gasteiger partial charge in [-0.15, -0.1) is 0 Å². The Morgan fingerprint density at radius 3 is 2.73 bits per heavy atom. The number of rotatable bonds is 5. The molecule has 0 unspecified atom stereocenters. The van der Waals surface area contributed by atoms with Gasteiger partial charge < -0.3 is 24.6 Å². The summed E-state index contributed by atoms with van der Waals surface area (Å²) >= 11 is 0. The Kier molecular flexibility index (Phi) is 5.29. The molecule has 0 amide bonds. The minimum absolute atomic E-state index is 0.157. The summed E-state index contributed by atoms with van der Waals surface area (Å²) in [6, 6.07) is 5.99. The van der Waals surface area contributed by atoms with E-state index >= 15 is 0 Å². The number of benzene rings is 1. The van der Waals surface area contributed by atoms with Crippen molar-refractivity contribution < 1.29 is 14.0 Å². The van der Waals surface area contributed by atoms with E-state index in [0.29, 0.717) is 31.0 Å². The molecule has 0 saturated heterocycles. The van der Waals surface area contributed by atoms with E-state index in [9.17, 15) is 0 Å². The van der Waals surface area contributed by atoms with Gasteiger partial charge in [0.2, 0.25) is 12.7 Å². The van der Waals surface area contributed by atoms with E-state index in [1.165, 1.54) is 5.56 Å². The van der Waals surface area contributed by atoms with Crippen LogP contribution < -0.4 is 20.1 Å². The summed E-state index contributed by atoms with van der Waals surface area (Å²) in [7, 11) is 1.73. The summed E-state index contributed by atoms with van der Waals surface area (Å²) in [6.07, 6.45) is 0.841. The lowest BCUT2D eigenvalue weighted by atomic mass is 9.97. The van der Waals surface area contributed by atoms with Gasteiger partial charge in [-0.05, 0) is 24.1 Å². The molecule has 1 aromatic heterocycles. The highest BCUT2D eigenvalue weighted by Gasteiger charge is 2.21. The van der Waals surface area contributed by atoms with Gasteiger partial charge in [0.1, 0.15) is 0 Å². The molecule has 26 heavy (non-hydrogen) atoms. The van der Waals surface area contributed by atoms with Gasteiger partial charge in [0.15, 0.2) is 23.3 Å². The van der Waals surface area contributed by atoms with Gasteiger partial charge in [-0.3, -0.25) is 4.99 Å². The van der Waals surface area contributed by atoms with Crippen molar-refractivity contribution in [1.29, 1.82) is 0 Å². The summed E-state index contributed by atoms with van der Waals surface area (Å²) in [5.41, 5.74) is 1.01. The zero-order valence-electron chi connectivity index (χ0n) is 15.6. The third-order valence-corrected chi connectivity index (χ3v) is 3.89. The molecule has 0 atom stereocenters. The smallest absolute Gasteiger partial charge is 0.232 e. The van der Waals surface area contributed by atoms with Crippen LogP contribution in [0.4, 0.5) is 0 Å². The van der Waals surface area contributed by atoms with Crippen LogP contribution in [0.25, 0.3) is 0 Å². The van der Waals surface area contributed by atoms with Gasteiger partial charge in [-0.2, -0.15) is 4.98 Å². The number of aliphatic imine (C=N–C) groups is 1. The first kappa shape index (κ1) is 18.0. The maximum atomic E-state index is 5.40. The summed E-state index contributed by atoms with van der Waals surface area (Å²) in [5.74, 6) is 3.52. The Morgan fingerprint density at radius 2 is 2.00 bits per heavy atom. The summed E-state index contributed by atoms with van der Waals surface area (Å²) < 4.78 is 16.0. The van der Waals surface area contributed by atoms with E-state index in [-0.39, 0.29) is 5.41 Å². The Labute approximate surface area is 153 Å². The zero-order chi connectivity index (χ0) is 18.6. The zero-order valence-corrected chi connectivity index (χ0v) is 15.6. The molecule has 0 fully saturated rings. The molecule has 8 nitrogen and oxygen atoms in total. The highest BCUT2D eigenvalue weighted by Crippen LogP contribution is 2.32. The van der Waals surface area contributed by atoms with Crippen LogP contribution in [0.2, 0.25) is 0 Å². The molecule has 2 N–H and O–H groups in total. The molecule has 8 heteroatoms. The van der Waals surface area contributed by atoms with Crippen molar-refractivity contribution in [3.63, 3.8) is 0 Å². The number of guanidine groups is 1. The number of ether oxygens (including phenoxy) is 2. The number of hydrogen-bond donors (Lipinski definition) is 2. The van der Waals surface area contributed by atoms with E-state index in [4.69, 9.17) is 14.0 Å². The topological polar surface area (TPSA) is 93.8 Å². The average Bonchev–Trinajstić information content (AvgIpc) is 3.26.